The maximum Gasteiger partial charge on any atom is 0.223 e. The predicted molar refractivity (Wildman–Crippen MR) is 116 cm³/mol. The molecule has 1 aliphatic carbocycles. The summed E-state index contributed by atoms with van der Waals surface area (Å²) in [5.74, 6) is 1.04. The topological polar surface area (TPSA) is 76.8 Å². The molecule has 1 saturated carbocycles. The van der Waals surface area contributed by atoms with Gasteiger partial charge in [-0.05, 0) is 37.0 Å². The number of rotatable bonds is 6. The fourth-order valence-electron chi connectivity index (χ4n) is 3.98. The van der Waals surface area contributed by atoms with Crippen molar-refractivity contribution in [1.82, 2.24) is 10.2 Å². The zero-order valence-electron chi connectivity index (χ0n) is 16.5. The molecule has 1 heterocycles. The third kappa shape index (κ3) is 6.78. The summed E-state index contributed by atoms with van der Waals surface area (Å²) in [5.41, 5.74) is 7.23. The molecule has 28 heavy (non-hydrogen) atoms. The lowest BCUT2D eigenvalue weighted by Gasteiger charge is -2.35. The van der Waals surface area contributed by atoms with Crippen molar-refractivity contribution < 1.29 is 14.3 Å². The van der Waals surface area contributed by atoms with Gasteiger partial charge in [-0.15, -0.1) is 24.8 Å². The minimum absolute atomic E-state index is 0. The van der Waals surface area contributed by atoms with Gasteiger partial charge in [0, 0.05) is 31.6 Å². The van der Waals surface area contributed by atoms with Crippen LogP contribution in [0.3, 0.4) is 0 Å². The molecule has 1 saturated heterocycles. The number of nitrogens with one attached hydrogen (secondary N) is 1. The number of morpholine rings is 1. The van der Waals surface area contributed by atoms with Crippen LogP contribution in [0.1, 0.15) is 37.3 Å². The Morgan fingerprint density at radius 3 is 2.54 bits per heavy atom. The Bertz CT molecular complexity index is 583. The summed E-state index contributed by atoms with van der Waals surface area (Å²) in [7, 11) is 1.67. The third-order valence-electron chi connectivity index (χ3n) is 5.54. The zero-order valence-corrected chi connectivity index (χ0v) is 18.1. The maximum atomic E-state index is 12.6. The minimum Gasteiger partial charge on any atom is -0.497 e. The number of amides is 1. The van der Waals surface area contributed by atoms with Crippen LogP contribution in [0.5, 0.6) is 5.75 Å². The lowest BCUT2D eigenvalue weighted by Crippen LogP contribution is -2.45. The van der Waals surface area contributed by atoms with Crippen molar-refractivity contribution in [2.75, 3.05) is 40.0 Å². The Morgan fingerprint density at radius 1 is 1.25 bits per heavy atom. The third-order valence-corrected chi connectivity index (χ3v) is 5.54. The van der Waals surface area contributed by atoms with E-state index in [1.54, 1.807) is 7.11 Å². The van der Waals surface area contributed by atoms with Crippen molar-refractivity contribution in [3.05, 3.63) is 29.8 Å². The molecule has 3 N–H and O–H groups in total. The van der Waals surface area contributed by atoms with Crippen molar-refractivity contribution in [3.63, 3.8) is 0 Å². The molecule has 1 aliphatic heterocycles. The number of halogens is 2. The van der Waals surface area contributed by atoms with E-state index in [2.05, 4.69) is 22.3 Å². The fourth-order valence-corrected chi connectivity index (χ4v) is 3.98. The number of nitrogens with two attached hydrogens (primary N) is 1. The summed E-state index contributed by atoms with van der Waals surface area (Å²) in [6.07, 6.45) is 3.83. The van der Waals surface area contributed by atoms with E-state index < -0.39 is 0 Å². The van der Waals surface area contributed by atoms with E-state index in [4.69, 9.17) is 15.2 Å². The molecule has 0 radical (unpaired) electrons. The highest BCUT2D eigenvalue weighted by Crippen LogP contribution is 2.26. The van der Waals surface area contributed by atoms with Crippen LogP contribution in [-0.4, -0.2) is 56.8 Å². The van der Waals surface area contributed by atoms with Crippen LogP contribution in [0.25, 0.3) is 0 Å². The Kier molecular flexibility index (Phi) is 11.2. The summed E-state index contributed by atoms with van der Waals surface area (Å²) < 4.78 is 10.8. The van der Waals surface area contributed by atoms with Gasteiger partial charge in [-0.25, -0.2) is 0 Å². The average molecular weight is 434 g/mol. The molecule has 3 atom stereocenters. The van der Waals surface area contributed by atoms with E-state index in [1.165, 1.54) is 5.56 Å². The van der Waals surface area contributed by atoms with Crippen molar-refractivity contribution in [2.24, 2.45) is 11.7 Å². The lowest BCUT2D eigenvalue weighted by atomic mass is 9.85. The summed E-state index contributed by atoms with van der Waals surface area (Å²) in [5, 5.41) is 3.19. The first-order valence-corrected chi connectivity index (χ1v) is 9.66. The molecule has 3 unspecified atom stereocenters. The second-order valence-corrected chi connectivity index (χ2v) is 7.31. The second kappa shape index (κ2) is 12.5. The summed E-state index contributed by atoms with van der Waals surface area (Å²) >= 11 is 0. The predicted octanol–water partition coefficient (Wildman–Crippen LogP) is 2.55. The molecule has 2 fully saturated rings. The van der Waals surface area contributed by atoms with Crippen LogP contribution in [-0.2, 0) is 9.53 Å². The first kappa shape index (κ1) is 25.0. The summed E-state index contributed by atoms with van der Waals surface area (Å²) in [4.78, 5) is 15.0. The van der Waals surface area contributed by atoms with Gasteiger partial charge in [-0.2, -0.15) is 0 Å². The van der Waals surface area contributed by atoms with Gasteiger partial charge >= 0.3 is 0 Å². The molecular weight excluding hydrogens is 401 g/mol. The number of carbonyl (C=O) groups excluding carboxylic acids is 1. The van der Waals surface area contributed by atoms with Crippen molar-refractivity contribution in [2.45, 2.75) is 37.8 Å². The first-order valence-electron chi connectivity index (χ1n) is 9.66. The van der Waals surface area contributed by atoms with E-state index in [9.17, 15) is 4.79 Å². The smallest absolute Gasteiger partial charge is 0.223 e. The molecule has 0 spiro atoms. The van der Waals surface area contributed by atoms with Crippen molar-refractivity contribution in [1.29, 1.82) is 0 Å². The van der Waals surface area contributed by atoms with Crippen LogP contribution in [0, 0.1) is 5.92 Å². The number of ether oxygens (including phenoxy) is 2. The van der Waals surface area contributed by atoms with Crippen molar-refractivity contribution in [3.8, 4) is 5.75 Å². The lowest BCUT2D eigenvalue weighted by molar-refractivity contribution is -0.126. The largest absolute Gasteiger partial charge is 0.497 e. The molecule has 0 bridgehead atoms. The molecular formula is C20H33Cl2N3O3. The van der Waals surface area contributed by atoms with Gasteiger partial charge in [0.05, 0.1) is 26.4 Å². The quantitative estimate of drug-likeness (QED) is 0.720. The van der Waals surface area contributed by atoms with Crippen LogP contribution in [0.15, 0.2) is 24.3 Å². The van der Waals surface area contributed by atoms with Gasteiger partial charge in [-0.3, -0.25) is 9.69 Å². The number of nitrogens with zero attached hydrogens (tertiary/aromatic N) is 1. The van der Waals surface area contributed by atoms with Crippen LogP contribution in [0.2, 0.25) is 0 Å². The zero-order chi connectivity index (χ0) is 18.4. The summed E-state index contributed by atoms with van der Waals surface area (Å²) in [6.45, 7) is 3.83. The Labute approximate surface area is 180 Å². The molecule has 1 amide bonds. The van der Waals surface area contributed by atoms with Crippen molar-refractivity contribution >= 4 is 30.7 Å². The van der Waals surface area contributed by atoms with Gasteiger partial charge in [0.25, 0.3) is 0 Å². The number of carbonyl (C=O) groups is 1. The van der Waals surface area contributed by atoms with Crippen LogP contribution < -0.4 is 15.8 Å². The Morgan fingerprint density at radius 2 is 1.93 bits per heavy atom. The maximum absolute atomic E-state index is 12.6. The molecule has 1 aromatic rings. The molecule has 8 heteroatoms. The monoisotopic (exact) mass is 433 g/mol. The van der Waals surface area contributed by atoms with Gasteiger partial charge in [0.15, 0.2) is 0 Å². The Hall–Kier alpha value is -1.05. The second-order valence-electron chi connectivity index (χ2n) is 7.31. The van der Waals surface area contributed by atoms with Crippen LogP contribution >= 0.6 is 24.8 Å². The molecule has 3 rings (SSSR count). The van der Waals surface area contributed by atoms with Gasteiger partial charge in [0.2, 0.25) is 5.91 Å². The number of benzene rings is 1. The number of hydrogen-bond donors (Lipinski definition) is 2. The molecule has 2 aliphatic rings. The highest BCUT2D eigenvalue weighted by molar-refractivity contribution is 5.85. The normalized spacial score (nSPS) is 23.6. The minimum atomic E-state index is 0. The SMILES string of the molecule is COc1ccc(C(CNC(=O)C2CCCC(N)C2)N2CCOCC2)cc1.Cl.Cl. The van der Waals surface area contributed by atoms with Gasteiger partial charge < -0.3 is 20.5 Å². The molecule has 1 aromatic carbocycles. The fraction of sp³-hybridized carbons (Fsp3) is 0.650. The van der Waals surface area contributed by atoms with E-state index in [-0.39, 0.29) is 48.7 Å². The first-order chi connectivity index (χ1) is 12.7. The standard InChI is InChI=1S/C20H31N3O3.2ClH/c1-25-18-7-5-15(6-8-18)19(23-9-11-26-12-10-23)14-22-20(24)16-3-2-4-17(21)13-16;;/h5-8,16-17,19H,2-4,9-14,21H2,1H3,(H,22,24);2*1H. The van der Waals surface area contributed by atoms with Gasteiger partial charge in [-0.1, -0.05) is 18.6 Å². The van der Waals surface area contributed by atoms with E-state index in [0.717, 1.165) is 57.7 Å². The molecule has 0 aromatic heterocycles. The summed E-state index contributed by atoms with van der Waals surface area (Å²) in [6, 6.07) is 8.43. The molecule has 6 nitrogen and oxygen atoms in total. The molecule has 160 valence electrons. The van der Waals surface area contributed by atoms with E-state index in [1.807, 2.05) is 12.1 Å². The highest BCUT2D eigenvalue weighted by atomic mass is 35.5. The Balaban J connectivity index is 0.00000196. The number of hydrogen-bond acceptors (Lipinski definition) is 5. The average Bonchev–Trinajstić information content (AvgIpc) is 2.69. The van der Waals surface area contributed by atoms with E-state index in [0.29, 0.717) is 6.54 Å². The van der Waals surface area contributed by atoms with E-state index >= 15 is 0 Å². The van der Waals surface area contributed by atoms with Crippen LogP contribution in [0.4, 0.5) is 0 Å². The number of methoxy groups -OCH3 is 1. The van der Waals surface area contributed by atoms with Gasteiger partial charge in [0.1, 0.15) is 5.75 Å². The highest BCUT2D eigenvalue weighted by Gasteiger charge is 2.27.